The molecule has 23 heavy (non-hydrogen) atoms. The van der Waals surface area contributed by atoms with E-state index >= 15 is 0 Å². The molecule has 0 unspecified atom stereocenters. The summed E-state index contributed by atoms with van der Waals surface area (Å²) in [5.74, 6) is 0.335. The molecule has 1 rings (SSSR count). The second kappa shape index (κ2) is 8.68. The normalized spacial score (nSPS) is 11.9. The molecule has 0 aliphatic rings. The molecule has 3 nitrogen and oxygen atoms in total. The standard InChI is InChI=1S/C19H25NO2S/c1-6-7-14-20(15-8-9-18(5)16(2)3)23(21,22)19-12-10-17(4)11-13-19/h7-13,16H,1,5,14-15H2,2-4H3/b9-8+. The molecule has 0 fully saturated rings. The molecular weight excluding hydrogens is 306 g/mol. The first-order valence-electron chi connectivity index (χ1n) is 7.55. The molecule has 0 saturated carbocycles. The van der Waals surface area contributed by atoms with Crippen molar-refractivity contribution in [2.45, 2.75) is 25.7 Å². The van der Waals surface area contributed by atoms with Crippen molar-refractivity contribution >= 4 is 10.0 Å². The maximum Gasteiger partial charge on any atom is 0.243 e. The van der Waals surface area contributed by atoms with Gasteiger partial charge in [-0.15, -0.1) is 5.73 Å². The van der Waals surface area contributed by atoms with Gasteiger partial charge in [0.2, 0.25) is 10.0 Å². The number of nitrogens with zero attached hydrogens (tertiary/aromatic N) is 1. The molecule has 1 aromatic carbocycles. The minimum absolute atomic E-state index is 0.234. The summed E-state index contributed by atoms with van der Waals surface area (Å²) in [6.45, 7) is 14.0. The van der Waals surface area contributed by atoms with Gasteiger partial charge in [0.15, 0.2) is 0 Å². The van der Waals surface area contributed by atoms with Crippen molar-refractivity contribution < 1.29 is 8.42 Å². The maximum absolute atomic E-state index is 12.8. The van der Waals surface area contributed by atoms with Crippen molar-refractivity contribution in [3.05, 3.63) is 72.5 Å². The van der Waals surface area contributed by atoms with E-state index in [0.29, 0.717) is 5.92 Å². The van der Waals surface area contributed by atoms with Gasteiger partial charge in [0.1, 0.15) is 0 Å². The number of allylic oxidation sites excluding steroid dienone is 2. The zero-order chi connectivity index (χ0) is 17.5. The van der Waals surface area contributed by atoms with Crippen molar-refractivity contribution in [2.75, 3.05) is 13.1 Å². The van der Waals surface area contributed by atoms with Crippen LogP contribution in [-0.2, 0) is 10.0 Å². The van der Waals surface area contributed by atoms with Crippen LogP contribution in [0, 0.1) is 12.8 Å². The average molecular weight is 331 g/mol. The molecule has 0 amide bonds. The Morgan fingerprint density at radius 3 is 2.39 bits per heavy atom. The minimum atomic E-state index is -3.55. The van der Waals surface area contributed by atoms with E-state index in [0.717, 1.165) is 11.1 Å². The van der Waals surface area contributed by atoms with Gasteiger partial charge in [-0.3, -0.25) is 0 Å². The monoisotopic (exact) mass is 331 g/mol. The summed E-state index contributed by atoms with van der Waals surface area (Å²) in [6, 6.07) is 6.85. The van der Waals surface area contributed by atoms with Crippen molar-refractivity contribution in [3.8, 4) is 0 Å². The zero-order valence-corrected chi connectivity index (χ0v) is 14.9. The van der Waals surface area contributed by atoms with E-state index in [2.05, 4.69) is 18.9 Å². The summed E-state index contributed by atoms with van der Waals surface area (Å²) in [5.41, 5.74) is 4.62. The number of aryl methyl sites for hydroxylation is 1. The Hall–Kier alpha value is -1.87. The highest BCUT2D eigenvalue weighted by Gasteiger charge is 2.22. The lowest BCUT2D eigenvalue weighted by atomic mass is 10.1. The summed E-state index contributed by atoms with van der Waals surface area (Å²) in [5, 5.41) is 0. The van der Waals surface area contributed by atoms with E-state index in [4.69, 9.17) is 0 Å². The molecule has 0 aromatic heterocycles. The SMILES string of the molecule is C=C=CCN(C/C=C/C(=C)C(C)C)S(=O)(=O)c1ccc(C)cc1. The van der Waals surface area contributed by atoms with Gasteiger partial charge >= 0.3 is 0 Å². The van der Waals surface area contributed by atoms with Crippen molar-refractivity contribution in [3.63, 3.8) is 0 Å². The molecule has 0 atom stereocenters. The fourth-order valence-corrected chi connectivity index (χ4v) is 3.14. The molecule has 1 aromatic rings. The van der Waals surface area contributed by atoms with Gasteiger partial charge in [-0.25, -0.2) is 8.42 Å². The number of rotatable bonds is 8. The highest BCUT2D eigenvalue weighted by Crippen LogP contribution is 2.17. The number of hydrogen-bond acceptors (Lipinski definition) is 2. The fourth-order valence-electron chi connectivity index (χ4n) is 1.81. The molecule has 0 aliphatic heterocycles. The molecule has 0 heterocycles. The van der Waals surface area contributed by atoms with Crippen molar-refractivity contribution in [1.29, 1.82) is 0 Å². The Balaban J connectivity index is 3.02. The van der Waals surface area contributed by atoms with Crippen LogP contribution in [0.15, 0.2) is 71.9 Å². The predicted molar refractivity (Wildman–Crippen MR) is 96.8 cm³/mol. The predicted octanol–water partition coefficient (Wildman–Crippen LogP) is 4.10. The quantitative estimate of drug-likeness (QED) is 0.531. The second-order valence-corrected chi connectivity index (χ2v) is 7.61. The van der Waals surface area contributed by atoms with E-state index in [9.17, 15) is 8.42 Å². The van der Waals surface area contributed by atoms with Crippen LogP contribution in [0.1, 0.15) is 19.4 Å². The lowest BCUT2D eigenvalue weighted by Gasteiger charge is -2.19. The van der Waals surface area contributed by atoms with Gasteiger partial charge in [0.25, 0.3) is 0 Å². The summed E-state index contributed by atoms with van der Waals surface area (Å²) in [4.78, 5) is 0.289. The van der Waals surface area contributed by atoms with Gasteiger partial charge in [0, 0.05) is 13.1 Å². The van der Waals surface area contributed by atoms with Crippen LogP contribution in [0.5, 0.6) is 0 Å². The van der Waals surface area contributed by atoms with Crippen molar-refractivity contribution in [1.82, 2.24) is 4.31 Å². The summed E-state index contributed by atoms with van der Waals surface area (Å²) >= 11 is 0. The van der Waals surface area contributed by atoms with Crippen molar-refractivity contribution in [2.24, 2.45) is 5.92 Å². The van der Waals surface area contributed by atoms with E-state index in [-0.39, 0.29) is 18.0 Å². The molecule has 0 saturated heterocycles. The topological polar surface area (TPSA) is 37.4 Å². The van der Waals surface area contributed by atoms with Gasteiger partial charge in [-0.1, -0.05) is 62.4 Å². The molecular formula is C19H25NO2S. The first kappa shape index (κ1) is 19.2. The number of sulfonamides is 1. The van der Waals surface area contributed by atoms with Gasteiger partial charge in [-0.2, -0.15) is 4.31 Å². The summed E-state index contributed by atoms with van der Waals surface area (Å²) in [6.07, 6.45) is 5.31. The van der Waals surface area contributed by atoms with Gasteiger partial charge in [0.05, 0.1) is 4.90 Å². The lowest BCUT2D eigenvalue weighted by molar-refractivity contribution is 0.474. The van der Waals surface area contributed by atoms with Gasteiger partial charge in [-0.05, 0) is 31.1 Å². The average Bonchev–Trinajstić information content (AvgIpc) is 2.50. The molecule has 4 heteroatoms. The largest absolute Gasteiger partial charge is 0.243 e. The first-order valence-corrected chi connectivity index (χ1v) is 8.99. The number of benzene rings is 1. The summed E-state index contributed by atoms with van der Waals surface area (Å²) < 4.78 is 26.9. The van der Waals surface area contributed by atoms with Crippen LogP contribution in [0.25, 0.3) is 0 Å². The Morgan fingerprint density at radius 2 is 1.87 bits per heavy atom. The highest BCUT2D eigenvalue weighted by atomic mass is 32.2. The van der Waals surface area contributed by atoms with Crippen LogP contribution < -0.4 is 0 Å². The minimum Gasteiger partial charge on any atom is -0.207 e. The van der Waals surface area contributed by atoms with Crippen LogP contribution >= 0.6 is 0 Å². The Kier molecular flexibility index (Phi) is 7.24. The number of hydrogen-bond donors (Lipinski definition) is 0. The van der Waals surface area contributed by atoms with Crippen LogP contribution in [0.4, 0.5) is 0 Å². The van der Waals surface area contributed by atoms with E-state index in [1.807, 2.05) is 32.9 Å². The Morgan fingerprint density at radius 1 is 1.26 bits per heavy atom. The molecule has 0 radical (unpaired) electrons. The lowest BCUT2D eigenvalue weighted by Crippen LogP contribution is -2.31. The van der Waals surface area contributed by atoms with Crippen LogP contribution in [-0.4, -0.2) is 25.8 Å². The third kappa shape index (κ3) is 5.68. The fraction of sp³-hybridized carbons (Fsp3) is 0.316. The molecule has 0 aliphatic carbocycles. The second-order valence-electron chi connectivity index (χ2n) is 5.68. The van der Waals surface area contributed by atoms with E-state index < -0.39 is 10.0 Å². The maximum atomic E-state index is 12.8. The first-order chi connectivity index (χ1) is 10.8. The smallest absolute Gasteiger partial charge is 0.207 e. The van der Waals surface area contributed by atoms with E-state index in [1.165, 1.54) is 4.31 Å². The molecule has 0 spiro atoms. The Labute approximate surface area is 140 Å². The molecule has 0 N–H and O–H groups in total. The third-order valence-electron chi connectivity index (χ3n) is 3.48. The molecule has 0 bridgehead atoms. The summed E-state index contributed by atoms with van der Waals surface area (Å²) in [7, 11) is -3.55. The van der Waals surface area contributed by atoms with Crippen LogP contribution in [0.3, 0.4) is 0 Å². The molecule has 124 valence electrons. The Bertz CT molecular complexity index is 706. The van der Waals surface area contributed by atoms with E-state index in [1.54, 1.807) is 30.3 Å². The zero-order valence-electron chi connectivity index (χ0n) is 14.1. The van der Waals surface area contributed by atoms with Crippen LogP contribution in [0.2, 0.25) is 0 Å². The highest BCUT2D eigenvalue weighted by molar-refractivity contribution is 7.89. The van der Waals surface area contributed by atoms with Gasteiger partial charge < -0.3 is 0 Å². The third-order valence-corrected chi connectivity index (χ3v) is 5.33.